The zero-order valence-corrected chi connectivity index (χ0v) is 16.3. The Hall–Kier alpha value is -0.390. The first-order valence-corrected chi connectivity index (χ1v) is 8.33. The Kier molecular flexibility index (Phi) is 7.95. The van der Waals surface area contributed by atoms with Crippen molar-refractivity contribution in [2.75, 3.05) is 13.1 Å². The van der Waals surface area contributed by atoms with Crippen LogP contribution in [-0.4, -0.2) is 24.2 Å². The molecule has 138 valence electrons. The van der Waals surface area contributed by atoms with Crippen molar-refractivity contribution in [3.8, 4) is 0 Å². The third-order valence-corrected chi connectivity index (χ3v) is 5.34. The number of hydrogen-bond donors (Lipinski definition) is 2. The second kappa shape index (κ2) is 8.81. The number of nitrogens with one attached hydrogen (secondary N) is 1. The Balaban J connectivity index is 0.000000960. The van der Waals surface area contributed by atoms with Crippen molar-refractivity contribution in [3.05, 3.63) is 35.5 Å². The predicted octanol–water partition coefficient (Wildman–Crippen LogP) is 3.83. The smallest absolute Gasteiger partial charge is 0.151 e. The van der Waals surface area contributed by atoms with Crippen LogP contribution in [0.15, 0.2) is 35.5 Å². The van der Waals surface area contributed by atoms with Gasteiger partial charge in [-0.2, -0.15) is 0 Å². The van der Waals surface area contributed by atoms with Crippen LogP contribution in [0.1, 0.15) is 44.9 Å². The summed E-state index contributed by atoms with van der Waals surface area (Å²) in [6.45, 7) is 1.49. The van der Waals surface area contributed by atoms with Crippen LogP contribution < -0.4 is 11.1 Å². The molecule has 7 heteroatoms. The lowest BCUT2D eigenvalue weighted by atomic mass is 9.66. The Bertz CT molecular complexity index is 535. The van der Waals surface area contributed by atoms with E-state index in [0.29, 0.717) is 6.54 Å². The fraction of sp³-hybridized carbons (Fsp3) is 0.647. The van der Waals surface area contributed by atoms with Crippen molar-refractivity contribution in [2.45, 2.75) is 51.2 Å². The highest BCUT2D eigenvalue weighted by molar-refractivity contribution is 5.86. The number of hydrogen-bond acceptors (Lipinski definition) is 4. The summed E-state index contributed by atoms with van der Waals surface area (Å²) in [5.74, 6) is 1.26. The van der Waals surface area contributed by atoms with Crippen molar-refractivity contribution in [2.24, 2.45) is 11.1 Å². The number of nitrogens with zero attached hydrogens (tertiary/aromatic N) is 1. The van der Waals surface area contributed by atoms with Crippen molar-refractivity contribution in [1.82, 2.24) is 10.2 Å². The first-order chi connectivity index (χ1) is 10.3. The molecule has 3 aliphatic heterocycles. The lowest BCUT2D eigenvalue weighted by Crippen LogP contribution is -2.36. The van der Waals surface area contributed by atoms with E-state index in [1.807, 2.05) is 0 Å². The average Bonchev–Trinajstić information content (AvgIpc) is 2.89. The van der Waals surface area contributed by atoms with Gasteiger partial charge in [-0.15, -0.1) is 37.2 Å². The molecule has 0 aromatic heterocycles. The number of nitrogens with two attached hydrogens (primary N) is 1. The van der Waals surface area contributed by atoms with Gasteiger partial charge in [-0.3, -0.25) is 5.32 Å². The average molecular weight is 397 g/mol. The molecule has 0 amide bonds. The molecule has 1 spiro atoms. The zero-order valence-electron chi connectivity index (χ0n) is 13.8. The minimum Gasteiger partial charge on any atom is -0.477 e. The normalized spacial score (nSPS) is 29.8. The van der Waals surface area contributed by atoms with Crippen molar-refractivity contribution in [3.63, 3.8) is 0 Å². The molecule has 0 aromatic carbocycles. The van der Waals surface area contributed by atoms with Gasteiger partial charge >= 0.3 is 0 Å². The molecule has 1 saturated heterocycles. The molecular formula is C17H28Cl3N3O. The highest BCUT2D eigenvalue weighted by Gasteiger charge is 2.52. The summed E-state index contributed by atoms with van der Waals surface area (Å²) in [4.78, 5) is 2.31. The van der Waals surface area contributed by atoms with Crippen LogP contribution >= 0.6 is 37.2 Å². The highest BCUT2D eigenvalue weighted by Crippen LogP contribution is 2.58. The quantitative estimate of drug-likeness (QED) is 0.761. The highest BCUT2D eigenvalue weighted by atomic mass is 35.5. The maximum Gasteiger partial charge on any atom is 0.151 e. The minimum absolute atomic E-state index is 0. The summed E-state index contributed by atoms with van der Waals surface area (Å²) in [6, 6.07) is 0. The summed E-state index contributed by atoms with van der Waals surface area (Å²) in [5, 5.41) is 3.47. The summed E-state index contributed by atoms with van der Waals surface area (Å²) in [7, 11) is 0. The monoisotopic (exact) mass is 395 g/mol. The molecule has 3 heterocycles. The van der Waals surface area contributed by atoms with Crippen LogP contribution in [0.5, 0.6) is 0 Å². The standard InChI is InChI=1S/C17H25N3O.3ClH/c18-8-9-19-15-11-17-7-3-1-5-13(17)12-20-10-4-2-6-14(20)16(17)21-15;;;/h4,10,12,15,19H,1-3,5-9,11,18H2;3*1H/t15-,17?;;;/m1.../s1. The number of ether oxygens (including phenoxy) is 1. The topological polar surface area (TPSA) is 50.5 Å². The summed E-state index contributed by atoms with van der Waals surface area (Å²) >= 11 is 0. The molecular weight excluding hydrogens is 369 g/mol. The minimum atomic E-state index is 0. The van der Waals surface area contributed by atoms with Crippen LogP contribution in [0.2, 0.25) is 0 Å². The maximum atomic E-state index is 6.39. The van der Waals surface area contributed by atoms with E-state index in [4.69, 9.17) is 10.5 Å². The van der Waals surface area contributed by atoms with Crippen molar-refractivity contribution < 1.29 is 4.74 Å². The molecule has 2 fully saturated rings. The van der Waals surface area contributed by atoms with Gasteiger partial charge in [0.2, 0.25) is 0 Å². The lowest BCUT2D eigenvalue weighted by Gasteiger charge is -2.42. The molecule has 3 N–H and O–H groups in total. The van der Waals surface area contributed by atoms with Gasteiger partial charge in [-0.05, 0) is 37.7 Å². The summed E-state index contributed by atoms with van der Waals surface area (Å²) in [6.07, 6.45) is 15.4. The van der Waals surface area contributed by atoms with E-state index < -0.39 is 0 Å². The predicted molar refractivity (Wildman–Crippen MR) is 105 cm³/mol. The van der Waals surface area contributed by atoms with Crippen LogP contribution in [-0.2, 0) is 4.74 Å². The molecule has 2 atom stereocenters. The van der Waals surface area contributed by atoms with Crippen LogP contribution in [0.25, 0.3) is 0 Å². The van der Waals surface area contributed by atoms with Gasteiger partial charge in [0.25, 0.3) is 0 Å². The third-order valence-electron chi connectivity index (χ3n) is 5.34. The fourth-order valence-electron chi connectivity index (χ4n) is 4.38. The van der Waals surface area contributed by atoms with Crippen molar-refractivity contribution in [1.29, 1.82) is 0 Å². The molecule has 4 rings (SSSR count). The van der Waals surface area contributed by atoms with E-state index in [1.165, 1.54) is 37.1 Å². The van der Waals surface area contributed by atoms with Gasteiger partial charge in [-0.1, -0.05) is 12.5 Å². The van der Waals surface area contributed by atoms with Gasteiger partial charge in [0.05, 0.1) is 11.1 Å². The van der Waals surface area contributed by atoms with E-state index in [9.17, 15) is 0 Å². The van der Waals surface area contributed by atoms with Gasteiger partial charge in [-0.25, -0.2) is 0 Å². The van der Waals surface area contributed by atoms with E-state index in [0.717, 1.165) is 25.8 Å². The molecule has 0 aromatic rings. The Morgan fingerprint density at radius 1 is 1.25 bits per heavy atom. The molecule has 4 nitrogen and oxygen atoms in total. The first-order valence-electron chi connectivity index (χ1n) is 8.33. The number of rotatable bonds is 3. The fourth-order valence-corrected chi connectivity index (χ4v) is 4.38. The summed E-state index contributed by atoms with van der Waals surface area (Å²) in [5.41, 5.74) is 8.78. The molecule has 4 aliphatic rings. The van der Waals surface area contributed by atoms with Gasteiger partial charge < -0.3 is 15.4 Å². The third kappa shape index (κ3) is 3.45. The molecule has 0 bridgehead atoms. The van der Waals surface area contributed by atoms with Gasteiger partial charge in [0, 0.05) is 31.9 Å². The van der Waals surface area contributed by atoms with Crippen molar-refractivity contribution >= 4 is 37.2 Å². The summed E-state index contributed by atoms with van der Waals surface area (Å²) < 4.78 is 6.39. The molecule has 1 saturated carbocycles. The number of fused-ring (bicyclic) bond motifs is 1. The number of allylic oxidation sites excluding steroid dienone is 3. The molecule has 1 unspecified atom stereocenters. The first kappa shape index (κ1) is 21.7. The molecule has 0 radical (unpaired) electrons. The van der Waals surface area contributed by atoms with E-state index in [1.54, 1.807) is 5.57 Å². The van der Waals surface area contributed by atoms with Crippen LogP contribution in [0, 0.1) is 5.41 Å². The van der Waals surface area contributed by atoms with Gasteiger partial charge in [0.1, 0.15) is 5.76 Å². The Morgan fingerprint density at radius 3 is 2.88 bits per heavy atom. The second-order valence-electron chi connectivity index (χ2n) is 6.60. The molecule has 1 aliphatic carbocycles. The second-order valence-corrected chi connectivity index (χ2v) is 6.60. The van der Waals surface area contributed by atoms with E-state index in [2.05, 4.69) is 28.7 Å². The van der Waals surface area contributed by atoms with Gasteiger partial charge in [0.15, 0.2) is 6.23 Å². The SMILES string of the molecule is Cl.Cl.Cl.NCCN[C@H]1CC23CCCCC2=CN2C=CCCC2=C3O1. The van der Waals surface area contributed by atoms with Crippen LogP contribution in [0.3, 0.4) is 0 Å². The number of halogens is 3. The molecule has 24 heavy (non-hydrogen) atoms. The van der Waals surface area contributed by atoms with E-state index in [-0.39, 0.29) is 48.9 Å². The lowest BCUT2D eigenvalue weighted by molar-refractivity contribution is 0.120. The zero-order chi connectivity index (χ0) is 14.3. The van der Waals surface area contributed by atoms with E-state index >= 15 is 0 Å². The Morgan fingerprint density at radius 2 is 2.08 bits per heavy atom. The Labute approximate surface area is 163 Å². The maximum absolute atomic E-state index is 6.39. The largest absolute Gasteiger partial charge is 0.477 e. The van der Waals surface area contributed by atoms with Crippen LogP contribution in [0.4, 0.5) is 0 Å².